The molecule has 2 rings (SSSR count). The van der Waals surface area contributed by atoms with Gasteiger partial charge in [-0.2, -0.15) is 0 Å². The summed E-state index contributed by atoms with van der Waals surface area (Å²) in [7, 11) is 1.66. The number of methoxy groups -OCH3 is 1. The van der Waals surface area contributed by atoms with Crippen molar-refractivity contribution in [2.24, 2.45) is 5.92 Å². The second-order valence-corrected chi connectivity index (χ2v) is 5.52. The molecule has 1 heterocycles. The lowest BCUT2D eigenvalue weighted by molar-refractivity contribution is 0.0693. The van der Waals surface area contributed by atoms with Gasteiger partial charge in [0.2, 0.25) is 0 Å². The molecule has 106 valence electrons. The Bertz CT molecular complexity index is 390. The third kappa shape index (κ3) is 3.28. The van der Waals surface area contributed by atoms with E-state index in [2.05, 4.69) is 18.7 Å². The van der Waals surface area contributed by atoms with Gasteiger partial charge in [-0.3, -0.25) is 4.90 Å². The SMILES string of the molecule is CCC1CCN(C(C)C(O)c2ccc(OC)cc2)C1. The maximum atomic E-state index is 10.5. The van der Waals surface area contributed by atoms with Gasteiger partial charge in [0.25, 0.3) is 0 Å². The lowest BCUT2D eigenvalue weighted by atomic mass is 10.0. The molecule has 1 aliphatic heterocycles. The molecule has 3 heteroatoms. The first-order valence-electron chi connectivity index (χ1n) is 7.21. The molecule has 0 amide bonds. The van der Waals surface area contributed by atoms with E-state index < -0.39 is 6.10 Å². The normalized spacial score (nSPS) is 23.3. The van der Waals surface area contributed by atoms with Gasteiger partial charge in [0, 0.05) is 12.6 Å². The Morgan fingerprint density at radius 3 is 2.58 bits per heavy atom. The maximum Gasteiger partial charge on any atom is 0.118 e. The molecule has 3 unspecified atom stereocenters. The Balaban J connectivity index is 1.99. The molecule has 1 saturated heterocycles. The van der Waals surface area contributed by atoms with Gasteiger partial charge in [0.15, 0.2) is 0 Å². The summed E-state index contributed by atoms with van der Waals surface area (Å²) in [6.07, 6.45) is 2.07. The third-order valence-electron chi connectivity index (χ3n) is 4.38. The molecule has 1 fully saturated rings. The average Bonchev–Trinajstić information content (AvgIpc) is 2.94. The number of hydrogen-bond donors (Lipinski definition) is 1. The van der Waals surface area contributed by atoms with E-state index in [-0.39, 0.29) is 6.04 Å². The molecule has 0 bridgehead atoms. The lowest BCUT2D eigenvalue weighted by Gasteiger charge is -2.29. The fraction of sp³-hybridized carbons (Fsp3) is 0.625. The number of hydrogen-bond acceptors (Lipinski definition) is 3. The van der Waals surface area contributed by atoms with Crippen LogP contribution >= 0.6 is 0 Å². The van der Waals surface area contributed by atoms with Crippen LogP contribution in [0.25, 0.3) is 0 Å². The van der Waals surface area contributed by atoms with Gasteiger partial charge < -0.3 is 9.84 Å². The van der Waals surface area contributed by atoms with Crippen molar-refractivity contribution in [3.63, 3.8) is 0 Å². The van der Waals surface area contributed by atoms with Crippen molar-refractivity contribution >= 4 is 0 Å². The van der Waals surface area contributed by atoms with Crippen LogP contribution in [0.2, 0.25) is 0 Å². The third-order valence-corrected chi connectivity index (χ3v) is 4.38. The van der Waals surface area contributed by atoms with E-state index in [1.807, 2.05) is 24.3 Å². The molecule has 0 radical (unpaired) electrons. The van der Waals surface area contributed by atoms with Crippen molar-refractivity contribution in [1.29, 1.82) is 0 Å². The second kappa shape index (κ2) is 6.40. The summed E-state index contributed by atoms with van der Waals surface area (Å²) in [6, 6.07) is 7.89. The summed E-state index contributed by atoms with van der Waals surface area (Å²) >= 11 is 0. The Kier molecular flexibility index (Phi) is 4.83. The van der Waals surface area contributed by atoms with Crippen LogP contribution in [0.4, 0.5) is 0 Å². The lowest BCUT2D eigenvalue weighted by Crippen LogP contribution is -2.35. The van der Waals surface area contributed by atoms with Crippen molar-refractivity contribution < 1.29 is 9.84 Å². The summed E-state index contributed by atoms with van der Waals surface area (Å²) in [6.45, 7) is 6.59. The number of ether oxygens (including phenoxy) is 1. The number of benzene rings is 1. The van der Waals surface area contributed by atoms with Crippen molar-refractivity contribution in [2.45, 2.75) is 38.8 Å². The molecule has 3 nitrogen and oxygen atoms in total. The van der Waals surface area contributed by atoms with Crippen LogP contribution in [-0.4, -0.2) is 36.2 Å². The van der Waals surface area contributed by atoms with Crippen LogP contribution in [0.3, 0.4) is 0 Å². The van der Waals surface area contributed by atoms with Crippen molar-refractivity contribution in [2.75, 3.05) is 20.2 Å². The number of likely N-dealkylation sites (tertiary alicyclic amines) is 1. The summed E-state index contributed by atoms with van der Waals surface area (Å²) in [5.41, 5.74) is 0.966. The molecule has 0 aromatic heterocycles. The summed E-state index contributed by atoms with van der Waals surface area (Å²) in [5.74, 6) is 1.63. The summed E-state index contributed by atoms with van der Waals surface area (Å²) in [5, 5.41) is 10.5. The molecule has 0 aliphatic carbocycles. The monoisotopic (exact) mass is 263 g/mol. The minimum Gasteiger partial charge on any atom is -0.497 e. The Hall–Kier alpha value is -1.06. The molecular weight excluding hydrogens is 238 g/mol. The zero-order valence-corrected chi connectivity index (χ0v) is 12.2. The van der Waals surface area contributed by atoms with Gasteiger partial charge in [-0.15, -0.1) is 0 Å². The van der Waals surface area contributed by atoms with Gasteiger partial charge >= 0.3 is 0 Å². The highest BCUT2D eigenvalue weighted by atomic mass is 16.5. The molecule has 19 heavy (non-hydrogen) atoms. The molecule has 1 aliphatic rings. The van der Waals surface area contributed by atoms with Gasteiger partial charge in [-0.1, -0.05) is 25.5 Å². The second-order valence-electron chi connectivity index (χ2n) is 5.52. The zero-order valence-electron chi connectivity index (χ0n) is 12.2. The fourth-order valence-electron chi connectivity index (χ4n) is 2.85. The minimum atomic E-state index is -0.429. The van der Waals surface area contributed by atoms with Gasteiger partial charge in [-0.25, -0.2) is 0 Å². The minimum absolute atomic E-state index is 0.171. The quantitative estimate of drug-likeness (QED) is 0.886. The standard InChI is InChI=1S/C16H25NO2/c1-4-13-9-10-17(11-13)12(2)16(18)14-5-7-15(19-3)8-6-14/h5-8,12-13,16,18H,4,9-11H2,1-3H3. The van der Waals surface area contributed by atoms with Gasteiger partial charge in [0.1, 0.15) is 5.75 Å². The largest absolute Gasteiger partial charge is 0.497 e. The first-order valence-corrected chi connectivity index (χ1v) is 7.21. The van der Waals surface area contributed by atoms with Crippen molar-refractivity contribution in [3.8, 4) is 5.75 Å². The molecule has 3 atom stereocenters. The Labute approximate surface area is 116 Å². The highest BCUT2D eigenvalue weighted by Gasteiger charge is 2.29. The Morgan fingerprint density at radius 1 is 1.37 bits per heavy atom. The van der Waals surface area contributed by atoms with E-state index in [4.69, 9.17) is 4.74 Å². The van der Waals surface area contributed by atoms with E-state index in [1.54, 1.807) is 7.11 Å². The highest BCUT2D eigenvalue weighted by molar-refractivity contribution is 5.29. The van der Waals surface area contributed by atoms with E-state index in [0.29, 0.717) is 0 Å². The average molecular weight is 263 g/mol. The number of nitrogens with zero attached hydrogens (tertiary/aromatic N) is 1. The van der Waals surface area contributed by atoms with E-state index in [9.17, 15) is 5.11 Å². The molecule has 1 aromatic rings. The van der Waals surface area contributed by atoms with Gasteiger partial charge in [-0.05, 0) is 43.5 Å². The number of aliphatic hydroxyl groups is 1. The van der Waals surface area contributed by atoms with E-state index >= 15 is 0 Å². The smallest absolute Gasteiger partial charge is 0.118 e. The molecule has 0 saturated carbocycles. The van der Waals surface area contributed by atoms with E-state index in [1.165, 1.54) is 12.8 Å². The maximum absolute atomic E-state index is 10.5. The van der Waals surface area contributed by atoms with Crippen LogP contribution in [-0.2, 0) is 0 Å². The van der Waals surface area contributed by atoms with Crippen LogP contribution in [0.15, 0.2) is 24.3 Å². The molecule has 1 aromatic carbocycles. The topological polar surface area (TPSA) is 32.7 Å². The predicted octanol–water partition coefficient (Wildman–Crippen LogP) is 2.85. The van der Waals surface area contributed by atoms with E-state index in [0.717, 1.165) is 30.3 Å². The van der Waals surface area contributed by atoms with Crippen LogP contribution < -0.4 is 4.74 Å². The van der Waals surface area contributed by atoms with Crippen LogP contribution in [0.1, 0.15) is 38.4 Å². The first kappa shape index (κ1) is 14.4. The number of rotatable bonds is 5. The van der Waals surface area contributed by atoms with Crippen molar-refractivity contribution in [3.05, 3.63) is 29.8 Å². The zero-order chi connectivity index (χ0) is 13.8. The molecule has 1 N–H and O–H groups in total. The molecular formula is C16H25NO2. The highest BCUT2D eigenvalue weighted by Crippen LogP contribution is 2.28. The summed E-state index contributed by atoms with van der Waals surface area (Å²) < 4.78 is 5.15. The predicted molar refractivity (Wildman–Crippen MR) is 77.4 cm³/mol. The molecule has 0 spiro atoms. The first-order chi connectivity index (χ1) is 9.15. The van der Waals surface area contributed by atoms with Crippen LogP contribution in [0.5, 0.6) is 5.75 Å². The van der Waals surface area contributed by atoms with Gasteiger partial charge in [0.05, 0.1) is 13.2 Å². The van der Waals surface area contributed by atoms with Crippen molar-refractivity contribution in [1.82, 2.24) is 4.90 Å². The summed E-state index contributed by atoms with van der Waals surface area (Å²) in [4.78, 5) is 2.41. The fourth-order valence-corrected chi connectivity index (χ4v) is 2.85. The van der Waals surface area contributed by atoms with Crippen LogP contribution in [0, 0.1) is 5.92 Å². The Morgan fingerprint density at radius 2 is 2.05 bits per heavy atom. The number of aliphatic hydroxyl groups excluding tert-OH is 1.